The van der Waals surface area contributed by atoms with Crippen molar-refractivity contribution in [3.05, 3.63) is 0 Å². The second kappa shape index (κ2) is 8.99. The van der Waals surface area contributed by atoms with Crippen molar-refractivity contribution in [2.45, 2.75) is 45.6 Å². The Morgan fingerprint density at radius 2 is 1.26 bits per heavy atom. The van der Waals surface area contributed by atoms with Crippen LogP contribution < -0.4 is 4.90 Å². The van der Waals surface area contributed by atoms with Gasteiger partial charge in [-0.05, 0) is 12.8 Å². The topological polar surface area (TPSA) is 99.6 Å². The van der Waals surface area contributed by atoms with Gasteiger partial charge in [-0.3, -0.25) is 0 Å². The number of quaternary nitrogens is 1. The summed E-state index contributed by atoms with van der Waals surface area (Å²) >= 11 is 0. The zero-order chi connectivity index (χ0) is 14.7. The zero-order valence-corrected chi connectivity index (χ0v) is 11.7. The highest BCUT2D eigenvalue weighted by atomic mass is 15.2. The van der Waals surface area contributed by atoms with Crippen molar-refractivity contribution >= 4 is 6.15 Å². The third-order valence-electron chi connectivity index (χ3n) is 3.58. The highest BCUT2D eigenvalue weighted by molar-refractivity contribution is 7.05. The van der Waals surface area contributed by atoms with Gasteiger partial charge in [-0.25, -0.2) is 21.0 Å². The molecule has 1 aliphatic heterocycles. The van der Waals surface area contributed by atoms with Crippen LogP contribution in [0.5, 0.6) is 0 Å². The van der Waals surface area contributed by atoms with Crippen molar-refractivity contribution in [1.29, 1.82) is 21.0 Å². The Labute approximate surface area is 115 Å². The maximum absolute atomic E-state index is 8.09. The molecule has 0 aromatic heterocycles. The molecule has 0 spiro atoms. The molecule has 0 aromatic rings. The third-order valence-corrected chi connectivity index (χ3v) is 3.58. The summed E-state index contributed by atoms with van der Waals surface area (Å²) in [7, 11) is 0. The molecule has 100 valence electrons. The molecule has 0 aromatic carbocycles. The number of nitriles is 4. The van der Waals surface area contributed by atoms with Crippen LogP contribution in [0.2, 0.25) is 0 Å². The summed E-state index contributed by atoms with van der Waals surface area (Å²) in [5.41, 5.74) is 0. The van der Waals surface area contributed by atoms with Gasteiger partial charge in [0.2, 0.25) is 0 Å². The minimum absolute atomic E-state index is 0.961. The van der Waals surface area contributed by atoms with Gasteiger partial charge >= 0.3 is 6.15 Å². The summed E-state index contributed by atoms with van der Waals surface area (Å²) in [6.07, 6.45) is 2.94. The van der Waals surface area contributed by atoms with Crippen molar-refractivity contribution in [3.63, 3.8) is 0 Å². The molecular formula is C13H20BN5. The fourth-order valence-corrected chi connectivity index (χ4v) is 2.28. The lowest BCUT2D eigenvalue weighted by Gasteiger charge is -2.21. The second-order valence-electron chi connectivity index (χ2n) is 4.76. The second-order valence-corrected chi connectivity index (χ2v) is 4.76. The van der Waals surface area contributed by atoms with Gasteiger partial charge < -0.3 is 4.90 Å². The molecule has 1 fully saturated rings. The third kappa shape index (κ3) is 5.01. The number of nitrogens with zero attached hydrogens (tertiary/aromatic N) is 4. The van der Waals surface area contributed by atoms with Gasteiger partial charge in [0.05, 0.1) is 19.1 Å². The van der Waals surface area contributed by atoms with Gasteiger partial charge in [0.15, 0.2) is 0 Å². The average molecular weight is 257 g/mol. The fraction of sp³-hybridized carbons (Fsp3) is 0.692. The summed E-state index contributed by atoms with van der Waals surface area (Å²) < 4.78 is 0. The van der Waals surface area contributed by atoms with Gasteiger partial charge in [0, 0.05) is 12.8 Å². The van der Waals surface area contributed by atoms with Crippen LogP contribution in [0.15, 0.2) is 0 Å². The van der Waals surface area contributed by atoms with Gasteiger partial charge in [-0.1, -0.05) is 13.8 Å². The molecule has 0 aliphatic carbocycles. The SMILES string of the molecule is CCC(CC)[NH+]1CCCC1.N#C[B-](C#N)(C#N)C#N. The van der Waals surface area contributed by atoms with Crippen LogP contribution in [0.4, 0.5) is 0 Å². The molecule has 1 heterocycles. The molecule has 1 rings (SSSR count). The molecule has 0 atom stereocenters. The van der Waals surface area contributed by atoms with Crippen LogP contribution in [0, 0.1) is 44.9 Å². The molecule has 0 amide bonds. The Hall–Kier alpha value is -2.02. The summed E-state index contributed by atoms with van der Waals surface area (Å²) in [4.78, 5) is 1.87. The van der Waals surface area contributed by atoms with E-state index in [2.05, 4.69) is 13.8 Å². The molecule has 19 heavy (non-hydrogen) atoms. The molecule has 1 aliphatic rings. The summed E-state index contributed by atoms with van der Waals surface area (Å²) in [5.74, 6) is 5.38. The molecule has 0 unspecified atom stereocenters. The Morgan fingerprint density at radius 3 is 1.47 bits per heavy atom. The lowest BCUT2D eigenvalue weighted by atomic mass is 9.30. The van der Waals surface area contributed by atoms with E-state index in [9.17, 15) is 0 Å². The Kier molecular flexibility index (Phi) is 8.03. The van der Waals surface area contributed by atoms with Crippen LogP contribution in [0.25, 0.3) is 0 Å². The average Bonchev–Trinajstić information content (AvgIpc) is 2.98. The predicted octanol–water partition coefficient (Wildman–Crippen LogP) is 0.540. The molecule has 1 N–H and O–H groups in total. The van der Waals surface area contributed by atoms with Gasteiger partial charge in [0.1, 0.15) is 0 Å². The van der Waals surface area contributed by atoms with Crippen LogP contribution in [0.3, 0.4) is 0 Å². The number of hydrogen-bond acceptors (Lipinski definition) is 4. The summed E-state index contributed by atoms with van der Waals surface area (Å²) in [6, 6.07) is 0.961. The quantitative estimate of drug-likeness (QED) is 0.745. The summed E-state index contributed by atoms with van der Waals surface area (Å²) in [6.45, 7) is 7.51. The molecule has 0 radical (unpaired) electrons. The first kappa shape index (κ1) is 17.0. The Bertz CT molecular complexity index is 362. The number of likely N-dealkylation sites (tertiary alicyclic amines) is 1. The van der Waals surface area contributed by atoms with Crippen LogP contribution >= 0.6 is 0 Å². The molecule has 5 nitrogen and oxygen atoms in total. The molecule has 0 bridgehead atoms. The Morgan fingerprint density at radius 1 is 0.895 bits per heavy atom. The largest absolute Gasteiger partial charge is 0.383 e. The lowest BCUT2D eigenvalue weighted by Crippen LogP contribution is -3.13. The van der Waals surface area contributed by atoms with Crippen LogP contribution in [0.1, 0.15) is 39.5 Å². The number of rotatable bonds is 3. The number of hydrogen-bond donors (Lipinski definition) is 1. The Balaban J connectivity index is 0.000000344. The zero-order valence-electron chi connectivity index (χ0n) is 11.7. The maximum Gasteiger partial charge on any atom is 0.383 e. The van der Waals surface area contributed by atoms with Crippen molar-refractivity contribution in [1.82, 2.24) is 0 Å². The van der Waals surface area contributed by atoms with Crippen LogP contribution in [-0.4, -0.2) is 25.3 Å². The van der Waals surface area contributed by atoms with Gasteiger partial charge in [-0.15, -0.1) is 23.9 Å². The van der Waals surface area contributed by atoms with E-state index in [-0.39, 0.29) is 0 Å². The first-order valence-corrected chi connectivity index (χ1v) is 6.78. The highest BCUT2D eigenvalue weighted by Crippen LogP contribution is 1.96. The van der Waals surface area contributed by atoms with Gasteiger partial charge in [-0.2, -0.15) is 0 Å². The van der Waals surface area contributed by atoms with E-state index in [1.165, 1.54) is 62.6 Å². The van der Waals surface area contributed by atoms with Crippen molar-refractivity contribution < 1.29 is 4.90 Å². The van der Waals surface area contributed by atoms with E-state index in [0.717, 1.165) is 6.04 Å². The lowest BCUT2D eigenvalue weighted by molar-refractivity contribution is -0.913. The van der Waals surface area contributed by atoms with E-state index < -0.39 is 6.15 Å². The first-order valence-electron chi connectivity index (χ1n) is 6.78. The molecular weight excluding hydrogens is 237 g/mol. The van der Waals surface area contributed by atoms with E-state index in [0.29, 0.717) is 0 Å². The van der Waals surface area contributed by atoms with Crippen LogP contribution in [-0.2, 0) is 0 Å². The van der Waals surface area contributed by atoms with E-state index >= 15 is 0 Å². The van der Waals surface area contributed by atoms with Crippen molar-refractivity contribution in [2.24, 2.45) is 0 Å². The molecule has 0 saturated carbocycles. The molecule has 6 heteroatoms. The summed E-state index contributed by atoms with van der Waals surface area (Å²) in [5, 5.41) is 32.3. The van der Waals surface area contributed by atoms with E-state index in [1.54, 1.807) is 0 Å². The van der Waals surface area contributed by atoms with Crippen molar-refractivity contribution in [3.8, 4) is 23.9 Å². The normalized spacial score (nSPS) is 14.5. The standard InChI is InChI=1S/C9H19N.C4BN4/c1-3-9(4-2)10-7-5-6-8-10;6-1-5(2-7,3-8)4-9/h9H,3-8H2,1-2H3;/q;-1/p+1. The first-order chi connectivity index (χ1) is 9.12. The predicted molar refractivity (Wildman–Crippen MR) is 72.5 cm³/mol. The van der Waals surface area contributed by atoms with E-state index in [1.807, 2.05) is 4.90 Å². The highest BCUT2D eigenvalue weighted by Gasteiger charge is 2.22. The van der Waals surface area contributed by atoms with Crippen molar-refractivity contribution in [2.75, 3.05) is 13.1 Å². The number of nitrogens with one attached hydrogen (secondary N) is 1. The molecule has 1 saturated heterocycles. The smallest absolute Gasteiger partial charge is 0.333 e. The monoisotopic (exact) mass is 257 g/mol. The maximum atomic E-state index is 8.09. The fourth-order valence-electron chi connectivity index (χ4n) is 2.28. The van der Waals surface area contributed by atoms with E-state index in [4.69, 9.17) is 21.0 Å². The minimum atomic E-state index is -2.72. The minimum Gasteiger partial charge on any atom is -0.333 e. The van der Waals surface area contributed by atoms with Gasteiger partial charge in [0.25, 0.3) is 0 Å².